The van der Waals surface area contributed by atoms with Gasteiger partial charge in [0.15, 0.2) is 0 Å². The molecule has 1 atom stereocenters. The highest BCUT2D eigenvalue weighted by molar-refractivity contribution is 9.10. The summed E-state index contributed by atoms with van der Waals surface area (Å²) in [6.45, 7) is -0.0641. The van der Waals surface area contributed by atoms with Crippen LogP contribution in [0.15, 0.2) is 28.7 Å². The van der Waals surface area contributed by atoms with Gasteiger partial charge in [-0.25, -0.2) is 0 Å². The van der Waals surface area contributed by atoms with E-state index in [4.69, 9.17) is 10.8 Å². The number of nitrogens with one attached hydrogen (secondary N) is 1. The van der Waals surface area contributed by atoms with Gasteiger partial charge in [0.1, 0.15) is 0 Å². The Morgan fingerprint density at radius 3 is 2.79 bits per heavy atom. The van der Waals surface area contributed by atoms with Crippen molar-refractivity contribution in [2.45, 2.75) is 6.04 Å². The Hall–Kier alpha value is -0.840. The van der Waals surface area contributed by atoms with Gasteiger partial charge in [-0.1, -0.05) is 18.2 Å². The maximum absolute atomic E-state index is 8.97. The Balaban J connectivity index is 2.62. The summed E-state index contributed by atoms with van der Waals surface area (Å²) in [4.78, 5) is 3.18. The minimum Gasteiger partial charge on any atom is -0.394 e. The lowest BCUT2D eigenvalue weighted by atomic mass is 10.2. The number of aromatic nitrogens is 1. The number of aromatic amines is 1. The van der Waals surface area contributed by atoms with Crippen LogP contribution in [0, 0.1) is 0 Å². The number of hydrogen-bond acceptors (Lipinski definition) is 2. The molecule has 0 unspecified atom stereocenters. The van der Waals surface area contributed by atoms with Gasteiger partial charge in [-0.3, -0.25) is 0 Å². The topological polar surface area (TPSA) is 62.0 Å². The second-order valence-corrected chi connectivity index (χ2v) is 3.98. The third-order valence-electron chi connectivity index (χ3n) is 2.24. The zero-order valence-electron chi connectivity index (χ0n) is 7.50. The molecule has 1 heterocycles. The quantitative estimate of drug-likeness (QED) is 0.767. The van der Waals surface area contributed by atoms with Crippen molar-refractivity contribution in [3.63, 3.8) is 0 Å². The first kappa shape index (κ1) is 9.71. The van der Waals surface area contributed by atoms with Crippen molar-refractivity contribution in [1.82, 2.24) is 4.98 Å². The van der Waals surface area contributed by atoms with Crippen LogP contribution in [0.1, 0.15) is 11.7 Å². The fourth-order valence-corrected chi connectivity index (χ4v) is 2.21. The summed E-state index contributed by atoms with van der Waals surface area (Å²) < 4.78 is 0.939. The van der Waals surface area contributed by atoms with Crippen molar-refractivity contribution in [1.29, 1.82) is 0 Å². The molecule has 2 aromatic rings. The lowest BCUT2D eigenvalue weighted by molar-refractivity contribution is 0.266. The Morgan fingerprint density at radius 1 is 1.43 bits per heavy atom. The van der Waals surface area contributed by atoms with E-state index < -0.39 is 0 Å². The summed E-state index contributed by atoms with van der Waals surface area (Å²) in [6.07, 6.45) is 0. The molecular formula is C10H11BrN2O. The Labute approximate surface area is 90.1 Å². The zero-order valence-corrected chi connectivity index (χ0v) is 9.08. The molecular weight excluding hydrogens is 244 g/mol. The average molecular weight is 255 g/mol. The smallest absolute Gasteiger partial charge is 0.0694 e. The SMILES string of the molecule is N[C@@H](CO)c1[nH]c2ccccc2c1Br. The third kappa shape index (κ3) is 1.45. The highest BCUT2D eigenvalue weighted by Gasteiger charge is 2.13. The van der Waals surface area contributed by atoms with Gasteiger partial charge in [-0.05, 0) is 22.0 Å². The van der Waals surface area contributed by atoms with Gasteiger partial charge in [0, 0.05) is 21.1 Å². The number of rotatable bonds is 2. The monoisotopic (exact) mass is 254 g/mol. The van der Waals surface area contributed by atoms with Crippen LogP contribution in [0.3, 0.4) is 0 Å². The van der Waals surface area contributed by atoms with E-state index >= 15 is 0 Å². The fraction of sp³-hybridized carbons (Fsp3) is 0.200. The molecule has 14 heavy (non-hydrogen) atoms. The number of aliphatic hydroxyl groups is 1. The molecule has 0 spiro atoms. The molecule has 1 aromatic heterocycles. The normalized spacial score (nSPS) is 13.4. The molecule has 0 bridgehead atoms. The molecule has 0 saturated carbocycles. The lowest BCUT2D eigenvalue weighted by Crippen LogP contribution is -2.15. The van der Waals surface area contributed by atoms with Crippen molar-refractivity contribution < 1.29 is 5.11 Å². The van der Waals surface area contributed by atoms with Crippen LogP contribution < -0.4 is 5.73 Å². The highest BCUT2D eigenvalue weighted by atomic mass is 79.9. The Kier molecular flexibility index (Phi) is 2.58. The van der Waals surface area contributed by atoms with Crippen molar-refractivity contribution in [3.8, 4) is 0 Å². The van der Waals surface area contributed by atoms with Crippen LogP contribution in [0.4, 0.5) is 0 Å². The number of nitrogens with two attached hydrogens (primary N) is 1. The first-order chi connectivity index (χ1) is 6.74. The van der Waals surface area contributed by atoms with Crippen LogP contribution in [-0.4, -0.2) is 16.7 Å². The number of para-hydroxylation sites is 1. The Morgan fingerprint density at radius 2 is 2.14 bits per heavy atom. The summed E-state index contributed by atoms with van der Waals surface area (Å²) >= 11 is 3.47. The molecule has 0 aliphatic heterocycles. The molecule has 74 valence electrons. The number of fused-ring (bicyclic) bond motifs is 1. The van der Waals surface area contributed by atoms with Gasteiger partial charge in [-0.15, -0.1) is 0 Å². The van der Waals surface area contributed by atoms with E-state index in [0.29, 0.717) is 0 Å². The molecule has 0 saturated heterocycles. The molecule has 0 amide bonds. The molecule has 3 nitrogen and oxygen atoms in total. The van der Waals surface area contributed by atoms with Crippen LogP contribution >= 0.6 is 15.9 Å². The average Bonchev–Trinajstić information content (AvgIpc) is 2.56. The van der Waals surface area contributed by atoms with Crippen molar-refractivity contribution in [2.75, 3.05) is 6.61 Å². The predicted molar refractivity (Wildman–Crippen MR) is 60.0 cm³/mol. The number of H-pyrrole nitrogens is 1. The lowest BCUT2D eigenvalue weighted by Gasteiger charge is -2.05. The summed E-state index contributed by atoms with van der Waals surface area (Å²) in [5, 5.41) is 10.1. The van der Waals surface area contributed by atoms with Crippen LogP contribution in [0.25, 0.3) is 10.9 Å². The summed E-state index contributed by atoms with van der Waals surface area (Å²) in [6, 6.07) is 7.54. The molecule has 0 radical (unpaired) electrons. The Bertz CT molecular complexity index is 452. The van der Waals surface area contributed by atoms with Gasteiger partial charge in [0.25, 0.3) is 0 Å². The van der Waals surface area contributed by atoms with E-state index in [2.05, 4.69) is 20.9 Å². The van der Waals surface area contributed by atoms with Gasteiger partial charge in [0.05, 0.1) is 12.6 Å². The molecule has 1 aromatic carbocycles. The van der Waals surface area contributed by atoms with Gasteiger partial charge >= 0.3 is 0 Å². The second-order valence-electron chi connectivity index (χ2n) is 3.19. The number of benzene rings is 1. The number of hydrogen-bond donors (Lipinski definition) is 3. The number of aliphatic hydroxyl groups excluding tert-OH is 1. The molecule has 0 fully saturated rings. The fourth-order valence-electron chi connectivity index (χ4n) is 1.48. The molecule has 4 N–H and O–H groups in total. The number of halogens is 1. The summed E-state index contributed by atoms with van der Waals surface area (Å²) in [5.41, 5.74) is 7.62. The summed E-state index contributed by atoms with van der Waals surface area (Å²) in [5.74, 6) is 0. The molecule has 4 heteroatoms. The van der Waals surface area contributed by atoms with Crippen molar-refractivity contribution >= 4 is 26.8 Å². The van der Waals surface area contributed by atoms with Crippen LogP contribution in [0.2, 0.25) is 0 Å². The van der Waals surface area contributed by atoms with E-state index in [-0.39, 0.29) is 12.6 Å². The minimum absolute atomic E-state index is 0.0641. The second kappa shape index (κ2) is 3.73. The maximum Gasteiger partial charge on any atom is 0.0694 e. The van der Waals surface area contributed by atoms with Gasteiger partial charge in [-0.2, -0.15) is 0 Å². The van der Waals surface area contributed by atoms with Crippen molar-refractivity contribution in [3.05, 3.63) is 34.4 Å². The third-order valence-corrected chi connectivity index (χ3v) is 3.09. The van der Waals surface area contributed by atoms with Gasteiger partial charge in [0.2, 0.25) is 0 Å². The molecule has 0 aliphatic rings. The molecule has 0 aliphatic carbocycles. The van der Waals surface area contributed by atoms with E-state index in [0.717, 1.165) is 21.1 Å². The van der Waals surface area contributed by atoms with Crippen molar-refractivity contribution in [2.24, 2.45) is 5.73 Å². The largest absolute Gasteiger partial charge is 0.394 e. The van der Waals surface area contributed by atoms with Crippen LogP contribution in [0.5, 0.6) is 0 Å². The first-order valence-electron chi connectivity index (χ1n) is 4.36. The zero-order chi connectivity index (χ0) is 10.1. The first-order valence-corrected chi connectivity index (χ1v) is 5.16. The summed E-state index contributed by atoms with van der Waals surface area (Å²) in [7, 11) is 0. The van der Waals surface area contributed by atoms with Gasteiger partial charge < -0.3 is 15.8 Å². The minimum atomic E-state index is -0.364. The van der Waals surface area contributed by atoms with E-state index in [1.54, 1.807) is 0 Å². The highest BCUT2D eigenvalue weighted by Crippen LogP contribution is 2.30. The molecule has 2 rings (SSSR count). The van der Waals surface area contributed by atoms with E-state index in [1.807, 2.05) is 24.3 Å². The predicted octanol–water partition coefficient (Wildman–Crippen LogP) is 1.92. The standard InChI is InChI=1S/C10H11BrN2O/c11-9-6-3-1-2-4-8(6)13-10(9)7(12)5-14/h1-4,7,13-14H,5,12H2/t7-/m0/s1. The van der Waals surface area contributed by atoms with Crippen LogP contribution in [-0.2, 0) is 0 Å². The van der Waals surface area contributed by atoms with E-state index in [9.17, 15) is 0 Å². The van der Waals surface area contributed by atoms with E-state index in [1.165, 1.54) is 0 Å². The maximum atomic E-state index is 8.97.